The molecular formula is C11H24N2. The molecule has 2 nitrogen and oxygen atoms in total. The fourth-order valence-corrected chi connectivity index (χ4v) is 2.33. The van der Waals surface area contributed by atoms with Gasteiger partial charge in [0.1, 0.15) is 0 Å². The highest BCUT2D eigenvalue weighted by molar-refractivity contribution is 4.84. The highest BCUT2D eigenvalue weighted by Gasteiger charge is 2.27. The molecule has 0 amide bonds. The van der Waals surface area contributed by atoms with Gasteiger partial charge in [-0.2, -0.15) is 0 Å². The largest absolute Gasteiger partial charge is 0.327 e. The second-order valence-electron chi connectivity index (χ2n) is 4.82. The summed E-state index contributed by atoms with van der Waals surface area (Å²) in [4.78, 5) is 2.56. The van der Waals surface area contributed by atoms with Crippen LogP contribution in [0.15, 0.2) is 0 Å². The van der Waals surface area contributed by atoms with Crippen LogP contribution in [0.5, 0.6) is 0 Å². The lowest BCUT2D eigenvalue weighted by Gasteiger charge is -2.41. The Morgan fingerprint density at radius 3 is 2.38 bits per heavy atom. The number of rotatable bonds is 2. The summed E-state index contributed by atoms with van der Waals surface area (Å²) in [6, 6.07) is 1.53. The van der Waals surface area contributed by atoms with Crippen molar-refractivity contribution in [1.82, 2.24) is 4.90 Å². The van der Waals surface area contributed by atoms with Gasteiger partial charge in [-0.05, 0) is 46.1 Å². The standard InChI is InChI=1S/C11H24N2/c1-8-5-6-13(9(2)7-8)11(4)10(3)12/h8-11H,5-7,12H2,1-4H3. The third-order valence-corrected chi connectivity index (χ3v) is 3.47. The maximum absolute atomic E-state index is 5.92. The van der Waals surface area contributed by atoms with Gasteiger partial charge >= 0.3 is 0 Å². The lowest BCUT2D eigenvalue weighted by Crippen LogP contribution is -2.51. The monoisotopic (exact) mass is 184 g/mol. The molecular weight excluding hydrogens is 160 g/mol. The zero-order valence-corrected chi connectivity index (χ0v) is 9.46. The second kappa shape index (κ2) is 4.43. The normalized spacial score (nSPS) is 35.8. The summed E-state index contributed by atoms with van der Waals surface area (Å²) >= 11 is 0. The summed E-state index contributed by atoms with van der Waals surface area (Å²) in [7, 11) is 0. The molecule has 4 atom stereocenters. The van der Waals surface area contributed by atoms with Crippen LogP contribution in [0.1, 0.15) is 40.5 Å². The molecule has 0 spiro atoms. The minimum absolute atomic E-state index is 0.288. The van der Waals surface area contributed by atoms with Crippen LogP contribution in [0.2, 0.25) is 0 Å². The van der Waals surface area contributed by atoms with Crippen LogP contribution in [0.3, 0.4) is 0 Å². The van der Waals surface area contributed by atoms with E-state index in [4.69, 9.17) is 5.73 Å². The fourth-order valence-electron chi connectivity index (χ4n) is 2.33. The number of nitrogens with two attached hydrogens (primary N) is 1. The van der Waals surface area contributed by atoms with Crippen molar-refractivity contribution in [2.24, 2.45) is 11.7 Å². The molecule has 1 aliphatic heterocycles. The smallest absolute Gasteiger partial charge is 0.0219 e. The van der Waals surface area contributed by atoms with E-state index in [0.29, 0.717) is 12.1 Å². The molecule has 0 aromatic heterocycles. The van der Waals surface area contributed by atoms with E-state index in [9.17, 15) is 0 Å². The SMILES string of the molecule is CC1CCN(C(C)C(C)N)C(C)C1. The number of hydrogen-bond acceptors (Lipinski definition) is 2. The molecule has 1 fully saturated rings. The van der Waals surface area contributed by atoms with Crippen molar-refractivity contribution in [3.8, 4) is 0 Å². The van der Waals surface area contributed by atoms with Crippen molar-refractivity contribution in [3.05, 3.63) is 0 Å². The molecule has 1 heterocycles. The van der Waals surface area contributed by atoms with Gasteiger partial charge in [0.15, 0.2) is 0 Å². The van der Waals surface area contributed by atoms with Gasteiger partial charge in [-0.15, -0.1) is 0 Å². The number of piperidine rings is 1. The van der Waals surface area contributed by atoms with Gasteiger partial charge in [0, 0.05) is 18.1 Å². The predicted octanol–water partition coefficient (Wildman–Crippen LogP) is 1.84. The molecule has 0 saturated carbocycles. The van der Waals surface area contributed by atoms with Crippen molar-refractivity contribution in [3.63, 3.8) is 0 Å². The Hall–Kier alpha value is -0.0800. The van der Waals surface area contributed by atoms with Crippen molar-refractivity contribution < 1.29 is 0 Å². The maximum atomic E-state index is 5.92. The van der Waals surface area contributed by atoms with E-state index in [-0.39, 0.29) is 6.04 Å². The number of nitrogens with zero attached hydrogens (tertiary/aromatic N) is 1. The summed E-state index contributed by atoms with van der Waals surface area (Å²) in [5, 5.41) is 0. The first-order valence-corrected chi connectivity index (χ1v) is 5.53. The molecule has 1 rings (SSSR count). The first kappa shape index (κ1) is 11.0. The van der Waals surface area contributed by atoms with Crippen LogP contribution in [-0.2, 0) is 0 Å². The minimum Gasteiger partial charge on any atom is -0.327 e. The lowest BCUT2D eigenvalue weighted by molar-refractivity contribution is 0.0799. The molecule has 78 valence electrons. The minimum atomic E-state index is 0.288. The second-order valence-corrected chi connectivity index (χ2v) is 4.82. The Bertz CT molecular complexity index is 156. The van der Waals surface area contributed by atoms with Gasteiger partial charge in [0.05, 0.1) is 0 Å². The van der Waals surface area contributed by atoms with Crippen LogP contribution in [0, 0.1) is 5.92 Å². The van der Waals surface area contributed by atoms with Crippen LogP contribution in [0.25, 0.3) is 0 Å². The average Bonchev–Trinajstić information content (AvgIpc) is 2.03. The Kier molecular flexibility index (Phi) is 3.74. The molecule has 1 aliphatic rings. The van der Waals surface area contributed by atoms with Gasteiger partial charge in [0.2, 0.25) is 0 Å². The van der Waals surface area contributed by atoms with Crippen LogP contribution in [0.4, 0.5) is 0 Å². The Labute approximate surface area is 82.5 Å². The Morgan fingerprint density at radius 1 is 1.31 bits per heavy atom. The van der Waals surface area contributed by atoms with Crippen molar-refractivity contribution >= 4 is 0 Å². The molecule has 13 heavy (non-hydrogen) atoms. The first-order chi connectivity index (χ1) is 6.02. The molecule has 4 unspecified atom stereocenters. The van der Waals surface area contributed by atoms with Crippen molar-refractivity contribution in [2.75, 3.05) is 6.54 Å². The molecule has 0 bridgehead atoms. The van der Waals surface area contributed by atoms with Crippen LogP contribution < -0.4 is 5.73 Å². The van der Waals surface area contributed by atoms with Gasteiger partial charge < -0.3 is 5.73 Å². The number of hydrogen-bond donors (Lipinski definition) is 1. The van der Waals surface area contributed by atoms with Gasteiger partial charge in [0.25, 0.3) is 0 Å². The lowest BCUT2D eigenvalue weighted by atomic mass is 9.91. The zero-order chi connectivity index (χ0) is 10.0. The van der Waals surface area contributed by atoms with Gasteiger partial charge in [-0.25, -0.2) is 0 Å². The molecule has 0 aromatic carbocycles. The summed E-state index contributed by atoms with van der Waals surface area (Å²) in [5.41, 5.74) is 5.92. The quantitative estimate of drug-likeness (QED) is 0.709. The zero-order valence-electron chi connectivity index (χ0n) is 9.46. The summed E-state index contributed by atoms with van der Waals surface area (Å²) in [6.45, 7) is 10.3. The van der Waals surface area contributed by atoms with Gasteiger partial charge in [-0.1, -0.05) is 6.92 Å². The van der Waals surface area contributed by atoms with E-state index in [2.05, 4.69) is 32.6 Å². The maximum Gasteiger partial charge on any atom is 0.0219 e. The Balaban J connectivity index is 2.50. The average molecular weight is 184 g/mol. The fraction of sp³-hybridized carbons (Fsp3) is 1.00. The summed E-state index contributed by atoms with van der Waals surface area (Å²) in [5.74, 6) is 0.895. The van der Waals surface area contributed by atoms with E-state index in [0.717, 1.165) is 5.92 Å². The molecule has 1 saturated heterocycles. The van der Waals surface area contributed by atoms with E-state index >= 15 is 0 Å². The van der Waals surface area contributed by atoms with E-state index < -0.39 is 0 Å². The Morgan fingerprint density at radius 2 is 1.92 bits per heavy atom. The molecule has 0 aromatic rings. The molecule has 0 aliphatic carbocycles. The van der Waals surface area contributed by atoms with Crippen LogP contribution >= 0.6 is 0 Å². The third-order valence-electron chi connectivity index (χ3n) is 3.47. The third kappa shape index (κ3) is 2.68. The van der Waals surface area contributed by atoms with E-state index in [1.807, 2.05) is 0 Å². The first-order valence-electron chi connectivity index (χ1n) is 5.53. The van der Waals surface area contributed by atoms with Crippen molar-refractivity contribution in [2.45, 2.75) is 58.7 Å². The summed E-state index contributed by atoms with van der Waals surface area (Å²) in [6.07, 6.45) is 2.67. The topological polar surface area (TPSA) is 29.3 Å². The van der Waals surface area contributed by atoms with E-state index in [1.165, 1.54) is 19.4 Å². The van der Waals surface area contributed by atoms with Crippen LogP contribution in [-0.4, -0.2) is 29.6 Å². The number of likely N-dealkylation sites (tertiary alicyclic amines) is 1. The molecule has 2 N–H and O–H groups in total. The predicted molar refractivity (Wildman–Crippen MR) is 57.7 cm³/mol. The highest BCUT2D eigenvalue weighted by Crippen LogP contribution is 2.24. The summed E-state index contributed by atoms with van der Waals surface area (Å²) < 4.78 is 0. The molecule has 0 radical (unpaired) electrons. The van der Waals surface area contributed by atoms with E-state index in [1.54, 1.807) is 0 Å². The van der Waals surface area contributed by atoms with Crippen molar-refractivity contribution in [1.29, 1.82) is 0 Å². The highest BCUT2D eigenvalue weighted by atomic mass is 15.2. The van der Waals surface area contributed by atoms with Gasteiger partial charge in [-0.3, -0.25) is 4.90 Å². The molecule has 2 heteroatoms.